The van der Waals surface area contributed by atoms with Gasteiger partial charge in [0.05, 0.1) is 0 Å². The SMILES string of the molecule is C=CCCCCCCCCCCCC(C)Br. The third-order valence-corrected chi connectivity index (χ3v) is 3.47. The van der Waals surface area contributed by atoms with Crippen molar-refractivity contribution in [1.29, 1.82) is 0 Å². The van der Waals surface area contributed by atoms with Crippen LogP contribution in [0.25, 0.3) is 0 Å². The van der Waals surface area contributed by atoms with Crippen LogP contribution in [-0.4, -0.2) is 4.83 Å². The van der Waals surface area contributed by atoms with Gasteiger partial charge in [0.2, 0.25) is 0 Å². The van der Waals surface area contributed by atoms with Crippen molar-refractivity contribution in [1.82, 2.24) is 0 Å². The Balaban J connectivity index is 2.90. The number of alkyl halides is 1. The summed E-state index contributed by atoms with van der Waals surface area (Å²) in [6.07, 6.45) is 17.3. The first-order valence-corrected chi connectivity index (χ1v) is 7.94. The molecular formula is C15H29Br. The van der Waals surface area contributed by atoms with Crippen LogP contribution in [0.3, 0.4) is 0 Å². The average molecular weight is 289 g/mol. The van der Waals surface area contributed by atoms with Crippen LogP contribution in [0, 0.1) is 0 Å². The quantitative estimate of drug-likeness (QED) is 0.226. The van der Waals surface area contributed by atoms with E-state index >= 15 is 0 Å². The van der Waals surface area contributed by atoms with Crippen molar-refractivity contribution in [2.45, 2.75) is 82.4 Å². The van der Waals surface area contributed by atoms with Crippen molar-refractivity contribution in [2.24, 2.45) is 0 Å². The first-order valence-electron chi connectivity index (χ1n) is 7.02. The van der Waals surface area contributed by atoms with Crippen molar-refractivity contribution in [2.75, 3.05) is 0 Å². The lowest BCUT2D eigenvalue weighted by Crippen LogP contribution is -1.89. The highest BCUT2D eigenvalue weighted by molar-refractivity contribution is 9.09. The number of allylic oxidation sites excluding steroid dienone is 1. The number of hydrogen-bond donors (Lipinski definition) is 0. The maximum absolute atomic E-state index is 3.75. The minimum Gasteiger partial charge on any atom is -0.103 e. The second kappa shape index (κ2) is 13.3. The predicted octanol–water partition coefficient (Wildman–Crippen LogP) is 6.25. The molecule has 0 N–H and O–H groups in total. The highest BCUT2D eigenvalue weighted by Gasteiger charge is 1.96. The van der Waals surface area contributed by atoms with Gasteiger partial charge in [-0.05, 0) is 19.3 Å². The highest BCUT2D eigenvalue weighted by atomic mass is 79.9. The molecule has 1 heteroatoms. The number of halogens is 1. The first-order chi connectivity index (χ1) is 7.77. The lowest BCUT2D eigenvalue weighted by molar-refractivity contribution is 0.553. The standard InChI is InChI=1S/C15H29Br/c1-3-4-5-6-7-8-9-10-11-12-13-14-15(2)16/h3,15H,1,4-14H2,2H3. The summed E-state index contributed by atoms with van der Waals surface area (Å²) in [5, 5.41) is 0. The van der Waals surface area contributed by atoms with Gasteiger partial charge in [-0.3, -0.25) is 0 Å². The van der Waals surface area contributed by atoms with Crippen LogP contribution in [0.2, 0.25) is 0 Å². The van der Waals surface area contributed by atoms with Crippen molar-refractivity contribution in [3.8, 4) is 0 Å². The molecule has 0 aliphatic heterocycles. The summed E-state index contributed by atoms with van der Waals surface area (Å²) in [4.78, 5) is 0.706. The Morgan fingerprint density at radius 3 is 1.75 bits per heavy atom. The molecule has 0 radical (unpaired) electrons. The van der Waals surface area contributed by atoms with E-state index in [1.54, 1.807) is 0 Å². The van der Waals surface area contributed by atoms with Crippen LogP contribution in [-0.2, 0) is 0 Å². The van der Waals surface area contributed by atoms with Crippen molar-refractivity contribution >= 4 is 15.9 Å². The van der Waals surface area contributed by atoms with Crippen molar-refractivity contribution in [3.05, 3.63) is 12.7 Å². The second-order valence-electron chi connectivity index (χ2n) is 4.83. The normalized spacial score (nSPS) is 12.6. The van der Waals surface area contributed by atoms with Gasteiger partial charge in [0.15, 0.2) is 0 Å². The molecule has 96 valence electrons. The molecule has 1 unspecified atom stereocenters. The van der Waals surface area contributed by atoms with Crippen LogP contribution in [0.1, 0.15) is 77.6 Å². The molecule has 0 rings (SSSR count). The molecule has 0 heterocycles. The molecule has 0 saturated heterocycles. The van der Waals surface area contributed by atoms with Gasteiger partial charge in [-0.1, -0.05) is 80.3 Å². The summed E-state index contributed by atoms with van der Waals surface area (Å²) in [7, 11) is 0. The van der Waals surface area contributed by atoms with E-state index in [4.69, 9.17) is 0 Å². The molecule has 0 aliphatic rings. The molecule has 0 fully saturated rings. The zero-order chi connectivity index (χ0) is 12.1. The fourth-order valence-corrected chi connectivity index (χ4v) is 2.28. The smallest absolute Gasteiger partial charge is 0.0117 e. The van der Waals surface area contributed by atoms with E-state index in [0.29, 0.717) is 4.83 Å². The van der Waals surface area contributed by atoms with Crippen LogP contribution in [0.15, 0.2) is 12.7 Å². The molecule has 0 amide bonds. The highest BCUT2D eigenvalue weighted by Crippen LogP contribution is 2.13. The van der Waals surface area contributed by atoms with Gasteiger partial charge >= 0.3 is 0 Å². The minimum atomic E-state index is 0.706. The lowest BCUT2D eigenvalue weighted by Gasteiger charge is -2.03. The van der Waals surface area contributed by atoms with E-state index in [1.165, 1.54) is 70.6 Å². The zero-order valence-electron chi connectivity index (χ0n) is 11.0. The molecule has 1 atom stereocenters. The Bertz CT molecular complexity index is 140. The Labute approximate surface area is 111 Å². The van der Waals surface area contributed by atoms with Crippen molar-refractivity contribution in [3.63, 3.8) is 0 Å². The summed E-state index contributed by atoms with van der Waals surface area (Å²) in [5.41, 5.74) is 0. The molecule has 0 nitrogen and oxygen atoms in total. The maximum atomic E-state index is 3.75. The Hall–Kier alpha value is 0.220. The van der Waals surface area contributed by atoms with Gasteiger partial charge in [0.1, 0.15) is 0 Å². The van der Waals surface area contributed by atoms with Crippen LogP contribution in [0.5, 0.6) is 0 Å². The zero-order valence-corrected chi connectivity index (χ0v) is 12.6. The second-order valence-corrected chi connectivity index (χ2v) is 6.39. The molecule has 0 aromatic rings. The Kier molecular flexibility index (Phi) is 13.5. The lowest BCUT2D eigenvalue weighted by atomic mass is 10.1. The average Bonchev–Trinajstić information content (AvgIpc) is 2.25. The molecule has 0 aliphatic carbocycles. The van der Waals surface area contributed by atoms with Crippen LogP contribution < -0.4 is 0 Å². The van der Waals surface area contributed by atoms with E-state index in [0.717, 1.165) is 0 Å². The summed E-state index contributed by atoms with van der Waals surface area (Å²) >= 11 is 3.59. The van der Waals surface area contributed by atoms with E-state index in [9.17, 15) is 0 Å². The Morgan fingerprint density at radius 2 is 1.31 bits per heavy atom. The number of rotatable bonds is 12. The first kappa shape index (κ1) is 16.2. The monoisotopic (exact) mass is 288 g/mol. The fourth-order valence-electron chi connectivity index (χ4n) is 1.95. The van der Waals surface area contributed by atoms with E-state index in [2.05, 4.69) is 29.4 Å². The summed E-state index contributed by atoms with van der Waals surface area (Å²) in [6, 6.07) is 0. The molecule has 0 saturated carbocycles. The van der Waals surface area contributed by atoms with Crippen molar-refractivity contribution < 1.29 is 0 Å². The van der Waals surface area contributed by atoms with Gasteiger partial charge in [-0.2, -0.15) is 0 Å². The third-order valence-electron chi connectivity index (χ3n) is 3.01. The molecule has 0 aromatic heterocycles. The molecule has 0 aromatic carbocycles. The van der Waals surface area contributed by atoms with Gasteiger partial charge in [-0.25, -0.2) is 0 Å². The van der Waals surface area contributed by atoms with Gasteiger partial charge in [-0.15, -0.1) is 6.58 Å². The number of hydrogen-bond acceptors (Lipinski definition) is 0. The Morgan fingerprint density at radius 1 is 0.875 bits per heavy atom. The molecular weight excluding hydrogens is 260 g/mol. The number of unbranched alkanes of at least 4 members (excludes halogenated alkanes) is 9. The van der Waals surface area contributed by atoms with E-state index in [-0.39, 0.29) is 0 Å². The van der Waals surface area contributed by atoms with Crippen LogP contribution >= 0.6 is 15.9 Å². The van der Waals surface area contributed by atoms with Gasteiger partial charge < -0.3 is 0 Å². The summed E-state index contributed by atoms with van der Waals surface area (Å²) in [6.45, 7) is 5.98. The summed E-state index contributed by atoms with van der Waals surface area (Å²) < 4.78 is 0. The van der Waals surface area contributed by atoms with Gasteiger partial charge in [0.25, 0.3) is 0 Å². The molecule has 0 spiro atoms. The predicted molar refractivity (Wildman–Crippen MR) is 79.4 cm³/mol. The van der Waals surface area contributed by atoms with Crippen LogP contribution in [0.4, 0.5) is 0 Å². The van der Waals surface area contributed by atoms with E-state index < -0.39 is 0 Å². The third kappa shape index (κ3) is 14.2. The van der Waals surface area contributed by atoms with Gasteiger partial charge in [0, 0.05) is 4.83 Å². The molecule has 0 bridgehead atoms. The minimum absolute atomic E-state index is 0.706. The molecule has 16 heavy (non-hydrogen) atoms. The maximum Gasteiger partial charge on any atom is 0.0117 e. The topological polar surface area (TPSA) is 0 Å². The summed E-state index contributed by atoms with van der Waals surface area (Å²) in [5.74, 6) is 0. The largest absolute Gasteiger partial charge is 0.103 e. The van der Waals surface area contributed by atoms with E-state index in [1.807, 2.05) is 6.08 Å². The fraction of sp³-hybridized carbons (Fsp3) is 0.867.